The third-order valence-electron chi connectivity index (χ3n) is 9.15. The molecule has 1 aromatic carbocycles. The quantitative estimate of drug-likeness (QED) is 0.203. The molecule has 0 spiro atoms. The summed E-state index contributed by atoms with van der Waals surface area (Å²) in [7, 11) is 0. The second-order valence-electron chi connectivity index (χ2n) is 12.6. The normalized spacial score (nSPS) is 26.2. The predicted octanol–water partition coefficient (Wildman–Crippen LogP) is -2.29. The number of nitrogens with one attached hydrogen (secondary N) is 6. The molecule has 8 amide bonds. The summed E-state index contributed by atoms with van der Waals surface area (Å²) in [6.07, 6.45) is 2.49. The average Bonchev–Trinajstić information content (AvgIpc) is 3.80. The van der Waals surface area contributed by atoms with E-state index in [0.717, 1.165) is 5.56 Å². The third kappa shape index (κ3) is 9.99. The zero-order valence-corrected chi connectivity index (χ0v) is 27.9. The molecule has 16 nitrogen and oxygen atoms in total. The maximum absolute atomic E-state index is 13.8. The number of benzene rings is 1. The minimum atomic E-state index is -1.09. The molecule has 5 atom stereocenters. The highest BCUT2D eigenvalue weighted by atomic mass is 16.2. The largest absolute Gasteiger partial charge is 0.346 e. The second kappa shape index (κ2) is 17.4. The monoisotopic (exact) mass is 682 g/mol. The molecule has 3 aliphatic heterocycles. The van der Waals surface area contributed by atoms with Crippen molar-refractivity contribution in [2.24, 2.45) is 5.92 Å². The lowest BCUT2D eigenvalue weighted by Gasteiger charge is -2.31. The standard InChI is InChI=1S/C33H46N8O8/c1-3-20(2)29-32(48)37-17-26(43)34-16-25(42)35-19-28(45)40-13-8-12-24(40)33(49)41-14-7-11-23(41)31(47)38-22(15-21-9-5-4-6-10-21)30(46)36-18-27(44)39-29/h4-6,9-10,20,22-24,29H,3,7-8,11-19H2,1-2H3,(H,34,43)(H,35,42)(H,36,46)(H,37,48)(H,38,47)(H,39,44)/t20-,22+,23+,24+,29+/m1/s1. The Morgan fingerprint density at radius 2 is 1.27 bits per heavy atom. The highest BCUT2D eigenvalue weighted by molar-refractivity contribution is 5.97. The molecule has 49 heavy (non-hydrogen) atoms. The molecule has 0 unspecified atom stereocenters. The van der Waals surface area contributed by atoms with Crippen molar-refractivity contribution in [3.8, 4) is 0 Å². The van der Waals surface area contributed by atoms with Crippen LogP contribution in [0.5, 0.6) is 0 Å². The van der Waals surface area contributed by atoms with Crippen LogP contribution in [0.4, 0.5) is 0 Å². The summed E-state index contributed by atoms with van der Waals surface area (Å²) in [5, 5.41) is 15.2. The Balaban J connectivity index is 1.56. The average molecular weight is 683 g/mol. The first-order valence-corrected chi connectivity index (χ1v) is 16.8. The van der Waals surface area contributed by atoms with Gasteiger partial charge >= 0.3 is 0 Å². The van der Waals surface area contributed by atoms with Crippen LogP contribution in [0.25, 0.3) is 0 Å². The van der Waals surface area contributed by atoms with Gasteiger partial charge in [0.1, 0.15) is 24.2 Å². The summed E-state index contributed by atoms with van der Waals surface area (Å²) < 4.78 is 0. The number of carbonyl (C=O) groups excluding carboxylic acids is 8. The van der Waals surface area contributed by atoms with Gasteiger partial charge < -0.3 is 41.7 Å². The van der Waals surface area contributed by atoms with Crippen LogP contribution in [0.15, 0.2) is 30.3 Å². The first-order chi connectivity index (χ1) is 23.5. The van der Waals surface area contributed by atoms with Crippen LogP contribution in [0, 0.1) is 5.92 Å². The van der Waals surface area contributed by atoms with Gasteiger partial charge in [-0.15, -0.1) is 0 Å². The summed E-state index contributed by atoms with van der Waals surface area (Å²) >= 11 is 0. The Morgan fingerprint density at radius 1 is 0.673 bits per heavy atom. The van der Waals surface area contributed by atoms with Crippen LogP contribution in [-0.2, 0) is 44.8 Å². The number of rotatable bonds is 4. The fraction of sp³-hybridized carbons (Fsp3) is 0.576. The molecule has 266 valence electrons. The van der Waals surface area contributed by atoms with E-state index >= 15 is 0 Å². The fourth-order valence-electron chi connectivity index (χ4n) is 6.22. The molecule has 1 aromatic rings. The Hall–Kier alpha value is -5.02. The van der Waals surface area contributed by atoms with Gasteiger partial charge in [-0.25, -0.2) is 0 Å². The highest BCUT2D eigenvalue weighted by Crippen LogP contribution is 2.25. The fourth-order valence-corrected chi connectivity index (χ4v) is 6.22. The van der Waals surface area contributed by atoms with E-state index in [1.165, 1.54) is 9.80 Å². The van der Waals surface area contributed by atoms with E-state index in [1.807, 2.05) is 13.0 Å². The van der Waals surface area contributed by atoms with Crippen molar-refractivity contribution < 1.29 is 38.4 Å². The lowest BCUT2D eigenvalue weighted by molar-refractivity contribution is -0.146. The molecule has 0 bridgehead atoms. The Kier molecular flexibility index (Phi) is 13.1. The molecule has 3 heterocycles. The van der Waals surface area contributed by atoms with E-state index in [9.17, 15) is 38.4 Å². The van der Waals surface area contributed by atoms with Gasteiger partial charge in [-0.1, -0.05) is 50.6 Å². The van der Waals surface area contributed by atoms with Crippen LogP contribution in [0.3, 0.4) is 0 Å². The van der Waals surface area contributed by atoms with E-state index in [4.69, 9.17) is 0 Å². The molecule has 0 aliphatic carbocycles. The SMILES string of the molecule is CC[C@@H](C)[C@@H]1NC(=O)CNC(=O)[C@H](Cc2ccccc2)NC(=O)[C@@H]2CCCN2C(=O)[C@@H]2CCCN2C(=O)CNC(=O)CNC(=O)CNC1=O. The van der Waals surface area contributed by atoms with Crippen molar-refractivity contribution in [1.82, 2.24) is 41.7 Å². The van der Waals surface area contributed by atoms with Gasteiger partial charge in [0.25, 0.3) is 0 Å². The lowest BCUT2D eigenvalue weighted by atomic mass is 9.98. The molecule has 3 aliphatic rings. The van der Waals surface area contributed by atoms with Gasteiger partial charge in [0.15, 0.2) is 0 Å². The van der Waals surface area contributed by atoms with Gasteiger partial charge in [0.2, 0.25) is 47.3 Å². The molecule has 16 heteroatoms. The molecular formula is C33H46N8O8. The van der Waals surface area contributed by atoms with Crippen molar-refractivity contribution in [2.75, 3.05) is 39.3 Å². The molecule has 0 radical (unpaired) electrons. The number of fused-ring (bicyclic) bond motifs is 2. The molecular weight excluding hydrogens is 636 g/mol. The van der Waals surface area contributed by atoms with Crippen LogP contribution in [-0.4, -0.2) is 120 Å². The predicted molar refractivity (Wildman–Crippen MR) is 175 cm³/mol. The maximum Gasteiger partial charge on any atom is 0.246 e. The molecule has 0 saturated carbocycles. The molecule has 3 fully saturated rings. The summed E-state index contributed by atoms with van der Waals surface area (Å²) in [6, 6.07) is 5.20. The van der Waals surface area contributed by atoms with Crippen molar-refractivity contribution >= 4 is 47.3 Å². The number of hydrogen-bond acceptors (Lipinski definition) is 8. The summed E-state index contributed by atoms with van der Waals surface area (Å²) in [6.45, 7) is 2.36. The number of carbonyl (C=O) groups is 8. The van der Waals surface area contributed by atoms with Crippen molar-refractivity contribution in [2.45, 2.75) is 76.5 Å². The lowest BCUT2D eigenvalue weighted by Crippen LogP contribution is -2.58. The molecule has 3 saturated heterocycles. The number of hydrogen-bond donors (Lipinski definition) is 6. The number of nitrogens with zero attached hydrogens (tertiary/aromatic N) is 2. The van der Waals surface area contributed by atoms with Crippen molar-refractivity contribution in [1.29, 1.82) is 0 Å². The van der Waals surface area contributed by atoms with Gasteiger partial charge in [-0.05, 0) is 37.2 Å². The van der Waals surface area contributed by atoms with Crippen LogP contribution in [0.2, 0.25) is 0 Å². The van der Waals surface area contributed by atoms with Gasteiger partial charge in [-0.3, -0.25) is 38.4 Å². The van der Waals surface area contributed by atoms with E-state index in [2.05, 4.69) is 31.9 Å². The first kappa shape index (κ1) is 36.8. The maximum atomic E-state index is 13.8. The minimum absolute atomic E-state index is 0.108. The molecule has 0 aromatic heterocycles. The van der Waals surface area contributed by atoms with E-state index < -0.39 is 91.7 Å². The van der Waals surface area contributed by atoms with Crippen LogP contribution < -0.4 is 31.9 Å². The summed E-state index contributed by atoms with van der Waals surface area (Å²) in [5.74, 6) is -4.93. The van der Waals surface area contributed by atoms with E-state index in [1.54, 1.807) is 31.2 Å². The van der Waals surface area contributed by atoms with Crippen LogP contribution in [0.1, 0.15) is 51.5 Å². The second-order valence-corrected chi connectivity index (χ2v) is 12.6. The van der Waals surface area contributed by atoms with Crippen molar-refractivity contribution in [3.05, 3.63) is 35.9 Å². The van der Waals surface area contributed by atoms with Gasteiger partial charge in [0, 0.05) is 19.5 Å². The number of amides is 8. The summed E-state index contributed by atoms with van der Waals surface area (Å²) in [4.78, 5) is 108. The zero-order valence-electron chi connectivity index (χ0n) is 27.9. The van der Waals surface area contributed by atoms with Gasteiger partial charge in [0.05, 0.1) is 26.2 Å². The zero-order chi connectivity index (χ0) is 35.5. The topological polar surface area (TPSA) is 215 Å². The van der Waals surface area contributed by atoms with Crippen LogP contribution >= 0.6 is 0 Å². The Morgan fingerprint density at radius 3 is 1.96 bits per heavy atom. The van der Waals surface area contributed by atoms with Gasteiger partial charge in [-0.2, -0.15) is 0 Å². The van der Waals surface area contributed by atoms with E-state index in [0.29, 0.717) is 45.2 Å². The van der Waals surface area contributed by atoms with E-state index in [-0.39, 0.29) is 18.2 Å². The Labute approximate surface area is 284 Å². The smallest absolute Gasteiger partial charge is 0.246 e. The van der Waals surface area contributed by atoms with Crippen molar-refractivity contribution in [3.63, 3.8) is 0 Å². The molecule has 4 rings (SSSR count). The highest BCUT2D eigenvalue weighted by Gasteiger charge is 2.42. The Bertz CT molecular complexity index is 1420. The third-order valence-corrected chi connectivity index (χ3v) is 9.15. The first-order valence-electron chi connectivity index (χ1n) is 16.8. The minimum Gasteiger partial charge on any atom is -0.346 e. The molecule has 6 N–H and O–H groups in total. The summed E-state index contributed by atoms with van der Waals surface area (Å²) in [5.41, 5.74) is 0.754.